The van der Waals surface area contributed by atoms with Crippen molar-refractivity contribution in [1.29, 1.82) is 0 Å². The van der Waals surface area contributed by atoms with Gasteiger partial charge in [0, 0.05) is 31.7 Å². The molecule has 0 spiro atoms. The highest BCUT2D eigenvalue weighted by molar-refractivity contribution is 7.88. The van der Waals surface area contributed by atoms with E-state index in [1.807, 2.05) is 42.5 Å². The quantitative estimate of drug-likeness (QED) is 0.708. The number of carbonyl (C=O) groups excluding carboxylic acids is 1. The first-order valence-corrected chi connectivity index (χ1v) is 12.2. The Kier molecular flexibility index (Phi) is 6.39. The molecule has 1 saturated heterocycles. The van der Waals surface area contributed by atoms with Crippen LogP contribution < -0.4 is 4.74 Å². The first-order valence-electron chi connectivity index (χ1n) is 10.6. The number of ether oxygens (including phenoxy) is 1. The number of benzene rings is 2. The van der Waals surface area contributed by atoms with E-state index >= 15 is 0 Å². The van der Waals surface area contributed by atoms with Gasteiger partial charge in [0.1, 0.15) is 5.75 Å². The number of sulfonamides is 1. The molecular formula is C23H28N2O4S. The Labute approximate surface area is 178 Å². The molecule has 1 saturated carbocycles. The predicted octanol–water partition coefficient (Wildman–Crippen LogP) is 3.30. The number of rotatable bonds is 6. The summed E-state index contributed by atoms with van der Waals surface area (Å²) in [5.74, 6) is 0.724. The van der Waals surface area contributed by atoms with Crippen LogP contribution in [0.5, 0.6) is 5.75 Å². The second-order valence-electron chi connectivity index (χ2n) is 7.98. The lowest BCUT2D eigenvalue weighted by atomic mass is 10.1. The molecule has 160 valence electrons. The van der Waals surface area contributed by atoms with Crippen molar-refractivity contribution in [1.82, 2.24) is 9.21 Å². The van der Waals surface area contributed by atoms with Gasteiger partial charge in [-0.15, -0.1) is 0 Å². The van der Waals surface area contributed by atoms with E-state index in [0.29, 0.717) is 31.7 Å². The Morgan fingerprint density at radius 3 is 2.17 bits per heavy atom. The summed E-state index contributed by atoms with van der Waals surface area (Å²) in [6, 6.07) is 16.5. The summed E-state index contributed by atoms with van der Waals surface area (Å²) in [4.78, 5) is 14.5. The molecule has 30 heavy (non-hydrogen) atoms. The molecular weight excluding hydrogens is 400 g/mol. The maximum absolute atomic E-state index is 12.8. The monoisotopic (exact) mass is 428 g/mol. The predicted molar refractivity (Wildman–Crippen MR) is 116 cm³/mol. The van der Waals surface area contributed by atoms with Gasteiger partial charge in [-0.25, -0.2) is 8.42 Å². The molecule has 2 aromatic carbocycles. The normalized spacial score (nSPS) is 18.5. The van der Waals surface area contributed by atoms with Gasteiger partial charge in [-0.3, -0.25) is 4.79 Å². The van der Waals surface area contributed by atoms with E-state index in [-0.39, 0.29) is 17.8 Å². The van der Waals surface area contributed by atoms with Crippen molar-refractivity contribution >= 4 is 15.9 Å². The van der Waals surface area contributed by atoms with Gasteiger partial charge in [-0.2, -0.15) is 4.31 Å². The van der Waals surface area contributed by atoms with Crippen LogP contribution in [0.1, 0.15) is 41.6 Å². The van der Waals surface area contributed by atoms with Crippen LogP contribution in [0.2, 0.25) is 0 Å². The molecule has 1 aliphatic carbocycles. The fraction of sp³-hybridized carbons (Fsp3) is 0.435. The maximum atomic E-state index is 12.8. The van der Waals surface area contributed by atoms with Crippen molar-refractivity contribution in [3.8, 4) is 5.75 Å². The number of hydrogen-bond acceptors (Lipinski definition) is 4. The molecule has 0 aromatic heterocycles. The molecule has 2 fully saturated rings. The van der Waals surface area contributed by atoms with Gasteiger partial charge in [-0.1, -0.05) is 30.3 Å². The summed E-state index contributed by atoms with van der Waals surface area (Å²) in [5, 5.41) is 0. The summed E-state index contributed by atoms with van der Waals surface area (Å²) in [6.07, 6.45) is 4.91. The van der Waals surface area contributed by atoms with Crippen LogP contribution in [0, 0.1) is 0 Å². The number of piperazine rings is 1. The molecule has 0 N–H and O–H groups in total. The van der Waals surface area contributed by atoms with Crippen molar-refractivity contribution < 1.29 is 17.9 Å². The van der Waals surface area contributed by atoms with E-state index in [2.05, 4.69) is 0 Å². The minimum absolute atomic E-state index is 0.00968. The average Bonchev–Trinajstić information content (AvgIpc) is 3.27. The van der Waals surface area contributed by atoms with Gasteiger partial charge < -0.3 is 9.64 Å². The van der Waals surface area contributed by atoms with Crippen LogP contribution in [0.4, 0.5) is 0 Å². The minimum Gasteiger partial charge on any atom is -0.490 e. The molecule has 7 heteroatoms. The highest BCUT2D eigenvalue weighted by Gasteiger charge is 2.29. The Morgan fingerprint density at radius 2 is 1.53 bits per heavy atom. The third kappa shape index (κ3) is 5.02. The fourth-order valence-electron chi connectivity index (χ4n) is 4.10. The Balaban J connectivity index is 1.31. The smallest absolute Gasteiger partial charge is 0.253 e. The summed E-state index contributed by atoms with van der Waals surface area (Å²) < 4.78 is 32.8. The second-order valence-corrected chi connectivity index (χ2v) is 9.95. The van der Waals surface area contributed by atoms with Gasteiger partial charge in [0.15, 0.2) is 0 Å². The summed E-state index contributed by atoms with van der Waals surface area (Å²) in [5.41, 5.74) is 1.38. The van der Waals surface area contributed by atoms with Gasteiger partial charge in [0.25, 0.3) is 5.91 Å². The third-order valence-electron chi connectivity index (χ3n) is 5.82. The van der Waals surface area contributed by atoms with Crippen molar-refractivity contribution in [3.05, 3.63) is 65.7 Å². The lowest BCUT2D eigenvalue weighted by Crippen LogP contribution is -2.50. The van der Waals surface area contributed by atoms with Crippen LogP contribution in [0.25, 0.3) is 0 Å². The molecule has 1 aliphatic heterocycles. The molecule has 0 bridgehead atoms. The highest BCUT2D eigenvalue weighted by Crippen LogP contribution is 2.24. The Bertz CT molecular complexity index is 946. The number of amides is 1. The molecule has 2 aromatic rings. The largest absolute Gasteiger partial charge is 0.490 e. The topological polar surface area (TPSA) is 66.9 Å². The first kappa shape index (κ1) is 20.9. The van der Waals surface area contributed by atoms with Gasteiger partial charge in [0.05, 0.1) is 11.9 Å². The first-order chi connectivity index (χ1) is 14.5. The number of carbonyl (C=O) groups is 1. The Morgan fingerprint density at radius 1 is 0.900 bits per heavy atom. The minimum atomic E-state index is -3.39. The number of hydrogen-bond donors (Lipinski definition) is 0. The lowest BCUT2D eigenvalue weighted by molar-refractivity contribution is 0.0697. The molecule has 1 heterocycles. The van der Waals surface area contributed by atoms with Crippen molar-refractivity contribution in [2.45, 2.75) is 37.5 Å². The zero-order valence-electron chi connectivity index (χ0n) is 17.1. The molecule has 0 radical (unpaired) electrons. The summed E-state index contributed by atoms with van der Waals surface area (Å²) in [7, 11) is -3.39. The fourth-order valence-corrected chi connectivity index (χ4v) is 5.62. The van der Waals surface area contributed by atoms with E-state index in [1.165, 1.54) is 17.1 Å². The molecule has 6 nitrogen and oxygen atoms in total. The SMILES string of the molecule is O=C(c1ccc(OC2CCCC2)cc1)N1CCN(S(=O)(=O)Cc2ccccc2)CC1. The average molecular weight is 429 g/mol. The maximum Gasteiger partial charge on any atom is 0.253 e. The zero-order chi connectivity index (χ0) is 21.0. The molecule has 0 atom stereocenters. The van der Waals surface area contributed by atoms with Crippen LogP contribution in [0.15, 0.2) is 54.6 Å². The lowest BCUT2D eigenvalue weighted by Gasteiger charge is -2.34. The molecule has 1 amide bonds. The van der Waals surface area contributed by atoms with E-state index < -0.39 is 10.0 Å². The van der Waals surface area contributed by atoms with Gasteiger partial charge in [-0.05, 0) is 55.5 Å². The van der Waals surface area contributed by atoms with E-state index in [9.17, 15) is 13.2 Å². The van der Waals surface area contributed by atoms with E-state index in [1.54, 1.807) is 17.0 Å². The summed E-state index contributed by atoms with van der Waals surface area (Å²) >= 11 is 0. The highest BCUT2D eigenvalue weighted by atomic mass is 32.2. The number of nitrogens with zero attached hydrogens (tertiary/aromatic N) is 2. The van der Waals surface area contributed by atoms with Crippen molar-refractivity contribution in [3.63, 3.8) is 0 Å². The van der Waals surface area contributed by atoms with Crippen molar-refractivity contribution in [2.75, 3.05) is 26.2 Å². The van der Waals surface area contributed by atoms with Crippen molar-refractivity contribution in [2.24, 2.45) is 0 Å². The standard InChI is InChI=1S/C23H28N2O4S/c26-23(20-10-12-22(13-11-20)29-21-8-4-5-9-21)24-14-16-25(17-15-24)30(27,28)18-19-6-2-1-3-7-19/h1-3,6-7,10-13,21H,4-5,8-9,14-18H2. The second kappa shape index (κ2) is 9.18. The van der Waals surface area contributed by atoms with Crippen LogP contribution >= 0.6 is 0 Å². The molecule has 4 rings (SSSR count). The van der Waals surface area contributed by atoms with Crippen LogP contribution in [0.3, 0.4) is 0 Å². The van der Waals surface area contributed by atoms with Crippen LogP contribution in [-0.4, -0.2) is 55.8 Å². The summed E-state index contributed by atoms with van der Waals surface area (Å²) in [6.45, 7) is 1.44. The van der Waals surface area contributed by atoms with Gasteiger partial charge in [0.2, 0.25) is 10.0 Å². The Hall–Kier alpha value is -2.38. The molecule has 0 unspecified atom stereocenters. The van der Waals surface area contributed by atoms with E-state index in [4.69, 9.17) is 4.74 Å². The van der Waals surface area contributed by atoms with E-state index in [0.717, 1.165) is 24.2 Å². The van der Waals surface area contributed by atoms with Crippen LogP contribution in [-0.2, 0) is 15.8 Å². The third-order valence-corrected chi connectivity index (χ3v) is 7.67. The van der Waals surface area contributed by atoms with Gasteiger partial charge >= 0.3 is 0 Å². The molecule has 2 aliphatic rings. The zero-order valence-corrected chi connectivity index (χ0v) is 17.9.